The Labute approximate surface area is 154 Å². The molecule has 0 fully saturated rings. The molecule has 3 N–H and O–H groups in total. The first kappa shape index (κ1) is 19.3. The van der Waals surface area contributed by atoms with Crippen molar-refractivity contribution in [1.29, 1.82) is 0 Å². The number of carbonyl (C=O) groups excluding carboxylic acids is 1. The number of unbranched alkanes of at least 4 members (excludes halogenated alkanes) is 2. The van der Waals surface area contributed by atoms with Crippen LogP contribution in [0.4, 0.5) is 5.69 Å². The van der Waals surface area contributed by atoms with Gasteiger partial charge >= 0.3 is 0 Å². The van der Waals surface area contributed by atoms with E-state index in [4.69, 9.17) is 15.2 Å². The molecule has 2 aromatic carbocycles. The molecule has 2 rings (SSSR count). The van der Waals surface area contributed by atoms with Crippen LogP contribution in [0.1, 0.15) is 42.1 Å². The van der Waals surface area contributed by atoms with Gasteiger partial charge in [0.15, 0.2) is 11.5 Å². The van der Waals surface area contributed by atoms with Crippen molar-refractivity contribution in [2.45, 2.75) is 26.2 Å². The standard InChI is InChI=1S/C20H25N3O3/c1-3-4-5-12-26-18-11-6-15(13-19(18)25-2)14-22-23-20(24)16-7-9-17(21)10-8-16/h6-11,13-14H,3-5,12,21H2,1-2H3,(H,23,24)/b22-14-. The monoisotopic (exact) mass is 355 g/mol. The number of benzene rings is 2. The zero-order valence-electron chi connectivity index (χ0n) is 15.2. The Morgan fingerprint density at radius 2 is 1.92 bits per heavy atom. The largest absolute Gasteiger partial charge is 0.493 e. The lowest BCUT2D eigenvalue weighted by Crippen LogP contribution is -2.17. The summed E-state index contributed by atoms with van der Waals surface area (Å²) in [5.74, 6) is 1.03. The number of nitrogens with one attached hydrogen (secondary N) is 1. The highest BCUT2D eigenvalue weighted by atomic mass is 16.5. The highest BCUT2D eigenvalue weighted by Crippen LogP contribution is 2.27. The maximum Gasteiger partial charge on any atom is 0.271 e. The van der Waals surface area contributed by atoms with Gasteiger partial charge in [0.25, 0.3) is 5.91 Å². The average Bonchev–Trinajstić information content (AvgIpc) is 2.66. The molecule has 0 saturated carbocycles. The maximum atomic E-state index is 12.0. The van der Waals surface area contributed by atoms with E-state index in [9.17, 15) is 4.79 Å². The summed E-state index contributed by atoms with van der Waals surface area (Å²) in [5, 5.41) is 3.98. The summed E-state index contributed by atoms with van der Waals surface area (Å²) >= 11 is 0. The molecular weight excluding hydrogens is 330 g/mol. The molecule has 0 aliphatic rings. The second kappa shape index (κ2) is 10.1. The molecule has 0 atom stereocenters. The summed E-state index contributed by atoms with van der Waals surface area (Å²) in [6, 6.07) is 12.1. The first-order chi connectivity index (χ1) is 12.6. The van der Waals surface area contributed by atoms with Crippen molar-refractivity contribution in [3.8, 4) is 11.5 Å². The van der Waals surface area contributed by atoms with Crippen LogP contribution < -0.4 is 20.6 Å². The highest BCUT2D eigenvalue weighted by molar-refractivity contribution is 5.95. The van der Waals surface area contributed by atoms with Crippen LogP contribution in [-0.4, -0.2) is 25.8 Å². The molecule has 2 aromatic rings. The third-order valence-electron chi connectivity index (χ3n) is 3.75. The van der Waals surface area contributed by atoms with Gasteiger partial charge in [0.05, 0.1) is 19.9 Å². The van der Waals surface area contributed by atoms with Crippen molar-refractivity contribution in [2.75, 3.05) is 19.5 Å². The van der Waals surface area contributed by atoms with Crippen LogP contribution in [0.5, 0.6) is 11.5 Å². The number of hydrogen-bond acceptors (Lipinski definition) is 5. The van der Waals surface area contributed by atoms with E-state index in [1.807, 2.05) is 18.2 Å². The number of nitrogens with two attached hydrogens (primary N) is 1. The van der Waals surface area contributed by atoms with Crippen LogP contribution in [0, 0.1) is 0 Å². The normalized spacial score (nSPS) is 10.7. The molecule has 1 amide bonds. The van der Waals surface area contributed by atoms with E-state index >= 15 is 0 Å². The number of carbonyl (C=O) groups is 1. The smallest absolute Gasteiger partial charge is 0.271 e. The molecule has 0 aliphatic heterocycles. The topological polar surface area (TPSA) is 85.9 Å². The van der Waals surface area contributed by atoms with E-state index in [1.54, 1.807) is 37.6 Å². The lowest BCUT2D eigenvalue weighted by atomic mass is 10.2. The Morgan fingerprint density at radius 1 is 1.15 bits per heavy atom. The summed E-state index contributed by atoms with van der Waals surface area (Å²) in [6.45, 7) is 2.82. The average molecular weight is 355 g/mol. The van der Waals surface area contributed by atoms with Gasteiger partial charge in [-0.15, -0.1) is 0 Å². The molecule has 0 aliphatic carbocycles. The van der Waals surface area contributed by atoms with E-state index in [-0.39, 0.29) is 5.91 Å². The highest BCUT2D eigenvalue weighted by Gasteiger charge is 2.06. The van der Waals surface area contributed by atoms with Crippen LogP contribution in [-0.2, 0) is 0 Å². The van der Waals surface area contributed by atoms with Crippen molar-refractivity contribution < 1.29 is 14.3 Å². The van der Waals surface area contributed by atoms with Gasteiger partial charge in [-0.2, -0.15) is 5.10 Å². The van der Waals surface area contributed by atoms with Crippen LogP contribution in [0.3, 0.4) is 0 Å². The van der Waals surface area contributed by atoms with Gasteiger partial charge in [0.1, 0.15) is 0 Å². The fraction of sp³-hybridized carbons (Fsp3) is 0.300. The minimum absolute atomic E-state index is 0.302. The van der Waals surface area contributed by atoms with Gasteiger partial charge in [-0.05, 0) is 54.4 Å². The molecule has 0 saturated heterocycles. The first-order valence-corrected chi connectivity index (χ1v) is 8.63. The summed E-state index contributed by atoms with van der Waals surface area (Å²) < 4.78 is 11.1. The third kappa shape index (κ3) is 5.81. The zero-order valence-corrected chi connectivity index (χ0v) is 15.2. The summed E-state index contributed by atoms with van der Waals surface area (Å²) in [6.07, 6.45) is 4.86. The SMILES string of the molecule is CCCCCOc1ccc(/C=N\NC(=O)c2ccc(N)cc2)cc1OC. The predicted molar refractivity (Wildman–Crippen MR) is 104 cm³/mol. The van der Waals surface area contributed by atoms with Gasteiger partial charge in [-0.25, -0.2) is 5.43 Å². The minimum atomic E-state index is -0.302. The van der Waals surface area contributed by atoms with Gasteiger partial charge in [0.2, 0.25) is 0 Å². The Bertz CT molecular complexity index is 742. The Kier molecular flexibility index (Phi) is 7.49. The molecule has 138 valence electrons. The van der Waals surface area contributed by atoms with Crippen molar-refractivity contribution >= 4 is 17.8 Å². The van der Waals surface area contributed by atoms with Crippen molar-refractivity contribution in [1.82, 2.24) is 5.43 Å². The molecule has 0 aromatic heterocycles. The zero-order chi connectivity index (χ0) is 18.8. The van der Waals surface area contributed by atoms with E-state index in [0.29, 0.717) is 29.4 Å². The van der Waals surface area contributed by atoms with E-state index in [2.05, 4.69) is 17.5 Å². The van der Waals surface area contributed by atoms with E-state index in [0.717, 1.165) is 24.8 Å². The number of ether oxygens (including phenoxy) is 2. The summed E-state index contributed by atoms with van der Waals surface area (Å²) in [5.41, 5.74) is 9.98. The quantitative estimate of drug-likeness (QED) is 0.311. The van der Waals surface area contributed by atoms with Gasteiger partial charge in [0, 0.05) is 11.3 Å². The fourth-order valence-electron chi connectivity index (χ4n) is 2.28. The van der Waals surface area contributed by atoms with Crippen LogP contribution in [0.25, 0.3) is 0 Å². The maximum absolute atomic E-state index is 12.0. The summed E-state index contributed by atoms with van der Waals surface area (Å²) in [7, 11) is 1.60. The molecular formula is C20H25N3O3. The van der Waals surface area contributed by atoms with Crippen LogP contribution >= 0.6 is 0 Å². The fourth-order valence-corrected chi connectivity index (χ4v) is 2.28. The second-order valence-corrected chi connectivity index (χ2v) is 5.79. The number of nitrogens with zero attached hydrogens (tertiary/aromatic N) is 1. The van der Waals surface area contributed by atoms with Crippen LogP contribution in [0.15, 0.2) is 47.6 Å². The second-order valence-electron chi connectivity index (χ2n) is 5.79. The van der Waals surface area contributed by atoms with Gasteiger partial charge in [-0.1, -0.05) is 19.8 Å². The molecule has 6 heteroatoms. The van der Waals surface area contributed by atoms with Crippen LogP contribution in [0.2, 0.25) is 0 Å². The molecule has 0 spiro atoms. The lowest BCUT2D eigenvalue weighted by molar-refractivity contribution is 0.0955. The molecule has 0 heterocycles. The van der Waals surface area contributed by atoms with Crippen molar-refractivity contribution in [3.63, 3.8) is 0 Å². The molecule has 0 unspecified atom stereocenters. The van der Waals surface area contributed by atoms with E-state index in [1.165, 1.54) is 0 Å². The first-order valence-electron chi connectivity index (χ1n) is 8.63. The number of nitrogen functional groups attached to an aromatic ring is 1. The third-order valence-corrected chi connectivity index (χ3v) is 3.75. The number of hydrazone groups is 1. The van der Waals surface area contributed by atoms with E-state index < -0.39 is 0 Å². The molecule has 0 bridgehead atoms. The Balaban J connectivity index is 1.94. The number of hydrogen-bond donors (Lipinski definition) is 2. The van der Waals surface area contributed by atoms with Crippen molar-refractivity contribution in [3.05, 3.63) is 53.6 Å². The molecule has 6 nitrogen and oxygen atoms in total. The number of rotatable bonds is 9. The lowest BCUT2D eigenvalue weighted by Gasteiger charge is -2.11. The molecule has 0 radical (unpaired) electrons. The predicted octanol–water partition coefficient (Wildman–Crippen LogP) is 3.61. The summed E-state index contributed by atoms with van der Waals surface area (Å²) in [4.78, 5) is 12.0. The Morgan fingerprint density at radius 3 is 2.62 bits per heavy atom. The van der Waals surface area contributed by atoms with Gasteiger partial charge in [-0.3, -0.25) is 4.79 Å². The minimum Gasteiger partial charge on any atom is -0.493 e. The Hall–Kier alpha value is -3.02. The van der Waals surface area contributed by atoms with Crippen molar-refractivity contribution in [2.24, 2.45) is 5.10 Å². The van der Waals surface area contributed by atoms with Gasteiger partial charge < -0.3 is 15.2 Å². The molecule has 26 heavy (non-hydrogen) atoms. The number of methoxy groups -OCH3 is 1. The number of amides is 1. The number of anilines is 1.